The molecule has 0 aliphatic rings. The summed E-state index contributed by atoms with van der Waals surface area (Å²) in [6.07, 6.45) is -0.669. The summed E-state index contributed by atoms with van der Waals surface area (Å²) in [5.74, 6) is 0.377. The minimum atomic E-state index is -0.857. The van der Waals surface area contributed by atoms with Gasteiger partial charge >= 0.3 is 0 Å². The van der Waals surface area contributed by atoms with Gasteiger partial charge in [0.25, 0.3) is 0 Å². The summed E-state index contributed by atoms with van der Waals surface area (Å²) >= 11 is 6.01. The third-order valence-corrected chi connectivity index (χ3v) is 3.69. The molecular formula is C18H17ClN2O3. The number of aliphatic hydroxyl groups excluding tert-OH is 1. The number of rotatable bonds is 7. The second kappa shape index (κ2) is 8.92. The van der Waals surface area contributed by atoms with E-state index in [1.807, 2.05) is 6.07 Å². The molecule has 1 unspecified atom stereocenters. The number of halogens is 1. The maximum absolute atomic E-state index is 12.0. The molecule has 0 radical (unpaired) electrons. The van der Waals surface area contributed by atoms with Crippen molar-refractivity contribution in [1.82, 2.24) is 5.32 Å². The minimum absolute atomic E-state index is 0.0141. The molecule has 6 heteroatoms. The highest BCUT2D eigenvalue weighted by Gasteiger charge is 2.12. The molecule has 0 saturated carbocycles. The topological polar surface area (TPSA) is 82.3 Å². The van der Waals surface area contributed by atoms with Crippen molar-refractivity contribution in [2.24, 2.45) is 0 Å². The van der Waals surface area contributed by atoms with E-state index in [1.165, 1.54) is 0 Å². The molecule has 0 aromatic heterocycles. The van der Waals surface area contributed by atoms with Crippen molar-refractivity contribution < 1.29 is 14.6 Å². The smallest absolute Gasteiger partial charge is 0.224 e. The zero-order valence-corrected chi connectivity index (χ0v) is 13.7. The van der Waals surface area contributed by atoms with Crippen LogP contribution in [0.25, 0.3) is 0 Å². The molecule has 5 nitrogen and oxygen atoms in total. The van der Waals surface area contributed by atoms with Crippen LogP contribution in [0.15, 0.2) is 48.5 Å². The average molecular weight is 345 g/mol. The summed E-state index contributed by atoms with van der Waals surface area (Å²) in [6, 6.07) is 15.8. The lowest BCUT2D eigenvalue weighted by molar-refractivity contribution is -0.120. The van der Waals surface area contributed by atoms with Gasteiger partial charge in [-0.2, -0.15) is 5.26 Å². The first-order chi connectivity index (χ1) is 11.6. The zero-order chi connectivity index (χ0) is 17.4. The number of benzene rings is 2. The molecule has 2 aromatic carbocycles. The fraction of sp³-hybridized carbons (Fsp3) is 0.222. The van der Waals surface area contributed by atoms with Crippen molar-refractivity contribution in [3.63, 3.8) is 0 Å². The Morgan fingerprint density at radius 2 is 1.96 bits per heavy atom. The number of hydrogen-bond donors (Lipinski definition) is 2. The lowest BCUT2D eigenvalue weighted by atomic mass is 10.1. The molecular weight excluding hydrogens is 328 g/mol. The van der Waals surface area contributed by atoms with Crippen molar-refractivity contribution in [2.75, 3.05) is 13.2 Å². The van der Waals surface area contributed by atoms with Gasteiger partial charge in [-0.05, 0) is 23.8 Å². The van der Waals surface area contributed by atoms with Crippen molar-refractivity contribution in [3.8, 4) is 11.8 Å². The zero-order valence-electron chi connectivity index (χ0n) is 12.9. The molecule has 0 fully saturated rings. The molecule has 1 amide bonds. The van der Waals surface area contributed by atoms with Crippen molar-refractivity contribution in [3.05, 3.63) is 64.7 Å². The Balaban J connectivity index is 1.83. The molecule has 1 atom stereocenters. The summed E-state index contributed by atoms with van der Waals surface area (Å²) in [7, 11) is 0. The highest BCUT2D eigenvalue weighted by molar-refractivity contribution is 6.31. The Kier molecular flexibility index (Phi) is 6.62. The Morgan fingerprint density at radius 3 is 2.62 bits per heavy atom. The van der Waals surface area contributed by atoms with Gasteiger partial charge in [0.05, 0.1) is 12.5 Å². The van der Waals surface area contributed by atoms with E-state index in [1.54, 1.807) is 48.5 Å². The van der Waals surface area contributed by atoms with E-state index in [-0.39, 0.29) is 25.5 Å². The van der Waals surface area contributed by atoms with E-state index in [2.05, 4.69) is 5.32 Å². The second-order valence-corrected chi connectivity index (χ2v) is 5.52. The fourth-order valence-corrected chi connectivity index (χ4v) is 2.39. The first-order valence-corrected chi connectivity index (χ1v) is 7.76. The van der Waals surface area contributed by atoms with Gasteiger partial charge in [0.15, 0.2) is 6.61 Å². The number of carbonyl (C=O) groups is 1. The number of nitrogens with one attached hydrogen (secondary N) is 1. The largest absolute Gasteiger partial charge is 0.479 e. The van der Waals surface area contributed by atoms with Gasteiger partial charge in [0, 0.05) is 17.1 Å². The Morgan fingerprint density at radius 1 is 1.25 bits per heavy atom. The van der Waals surface area contributed by atoms with E-state index in [9.17, 15) is 9.90 Å². The van der Waals surface area contributed by atoms with Crippen LogP contribution in [0, 0.1) is 11.3 Å². The number of amides is 1. The van der Waals surface area contributed by atoms with Crippen LogP contribution < -0.4 is 10.1 Å². The third-order valence-electron chi connectivity index (χ3n) is 3.35. The molecule has 0 aliphatic carbocycles. The molecule has 0 saturated heterocycles. The summed E-state index contributed by atoms with van der Waals surface area (Å²) in [6.45, 7) is 0.0751. The first kappa shape index (κ1) is 17.8. The van der Waals surface area contributed by atoms with Crippen LogP contribution in [0.2, 0.25) is 5.02 Å². The third kappa shape index (κ3) is 5.27. The van der Waals surface area contributed by atoms with Gasteiger partial charge in [-0.1, -0.05) is 41.9 Å². The molecule has 0 spiro atoms. The van der Waals surface area contributed by atoms with E-state index in [0.717, 1.165) is 5.56 Å². The lowest BCUT2D eigenvalue weighted by Gasteiger charge is -2.13. The Bertz CT molecular complexity index is 726. The van der Waals surface area contributed by atoms with Gasteiger partial charge in [0.1, 0.15) is 11.8 Å². The quantitative estimate of drug-likeness (QED) is 0.809. The molecule has 24 heavy (non-hydrogen) atoms. The van der Waals surface area contributed by atoms with Crippen molar-refractivity contribution in [2.45, 2.75) is 12.5 Å². The monoisotopic (exact) mass is 344 g/mol. The Hall–Kier alpha value is -2.55. The van der Waals surface area contributed by atoms with Crippen LogP contribution in [0.3, 0.4) is 0 Å². The summed E-state index contributed by atoms with van der Waals surface area (Å²) < 4.78 is 5.15. The van der Waals surface area contributed by atoms with E-state index in [0.29, 0.717) is 16.3 Å². The van der Waals surface area contributed by atoms with Crippen LogP contribution in [-0.4, -0.2) is 24.2 Å². The predicted octanol–water partition coefficient (Wildman–Crippen LogP) is 2.63. The second-order valence-electron chi connectivity index (χ2n) is 5.11. The molecule has 2 aromatic rings. The van der Waals surface area contributed by atoms with E-state index < -0.39 is 6.10 Å². The van der Waals surface area contributed by atoms with Crippen LogP contribution >= 0.6 is 11.6 Å². The molecule has 2 rings (SSSR count). The SMILES string of the molecule is N#CCOc1ccc(CC(=O)NCC(O)c2ccccc2Cl)cc1. The first-order valence-electron chi connectivity index (χ1n) is 7.38. The van der Waals surface area contributed by atoms with Crippen LogP contribution in [-0.2, 0) is 11.2 Å². The van der Waals surface area contributed by atoms with Gasteiger partial charge in [0.2, 0.25) is 5.91 Å². The van der Waals surface area contributed by atoms with Crippen molar-refractivity contribution >= 4 is 17.5 Å². The van der Waals surface area contributed by atoms with Crippen LogP contribution in [0.1, 0.15) is 17.2 Å². The van der Waals surface area contributed by atoms with Gasteiger partial charge in [-0.3, -0.25) is 4.79 Å². The lowest BCUT2D eigenvalue weighted by Crippen LogP contribution is -2.29. The normalized spacial score (nSPS) is 11.4. The molecule has 124 valence electrons. The number of hydrogen-bond acceptors (Lipinski definition) is 4. The maximum Gasteiger partial charge on any atom is 0.224 e. The number of nitrogens with zero attached hydrogens (tertiary/aromatic N) is 1. The van der Waals surface area contributed by atoms with Gasteiger partial charge in [-0.15, -0.1) is 0 Å². The molecule has 0 bridgehead atoms. The van der Waals surface area contributed by atoms with E-state index in [4.69, 9.17) is 21.6 Å². The summed E-state index contributed by atoms with van der Waals surface area (Å²) in [5, 5.41) is 21.7. The highest BCUT2D eigenvalue weighted by atomic mass is 35.5. The van der Waals surface area contributed by atoms with Gasteiger partial charge in [-0.25, -0.2) is 0 Å². The highest BCUT2D eigenvalue weighted by Crippen LogP contribution is 2.21. The standard InChI is InChI=1S/C18H17ClN2O3/c19-16-4-2-1-3-15(16)17(22)12-21-18(23)11-13-5-7-14(8-6-13)24-10-9-20/h1-8,17,22H,10-12H2,(H,21,23). The Labute approximate surface area is 145 Å². The van der Waals surface area contributed by atoms with Gasteiger partial charge < -0.3 is 15.2 Å². The average Bonchev–Trinajstić information content (AvgIpc) is 2.59. The van der Waals surface area contributed by atoms with Crippen molar-refractivity contribution in [1.29, 1.82) is 5.26 Å². The summed E-state index contributed by atoms with van der Waals surface area (Å²) in [5.41, 5.74) is 1.39. The van der Waals surface area contributed by atoms with E-state index >= 15 is 0 Å². The molecule has 2 N–H and O–H groups in total. The number of ether oxygens (including phenoxy) is 1. The van der Waals surface area contributed by atoms with Crippen LogP contribution in [0.5, 0.6) is 5.75 Å². The fourth-order valence-electron chi connectivity index (χ4n) is 2.13. The minimum Gasteiger partial charge on any atom is -0.479 e. The molecule has 0 heterocycles. The number of nitriles is 1. The predicted molar refractivity (Wildman–Crippen MR) is 90.7 cm³/mol. The number of aliphatic hydroxyl groups is 1. The summed E-state index contributed by atoms with van der Waals surface area (Å²) in [4.78, 5) is 12.0. The van der Waals surface area contributed by atoms with Crippen LogP contribution in [0.4, 0.5) is 0 Å². The molecule has 0 aliphatic heterocycles. The number of carbonyl (C=O) groups excluding carboxylic acids is 1. The maximum atomic E-state index is 12.0.